The van der Waals surface area contributed by atoms with Crippen LogP contribution in [0.4, 0.5) is 5.69 Å². The molecule has 1 aromatic rings. The lowest BCUT2D eigenvalue weighted by Crippen LogP contribution is -2.22. The van der Waals surface area contributed by atoms with E-state index in [-0.39, 0.29) is 0 Å². The van der Waals surface area contributed by atoms with Gasteiger partial charge in [0.05, 0.1) is 11.6 Å². The van der Waals surface area contributed by atoms with Crippen LogP contribution in [0.5, 0.6) is 0 Å². The third kappa shape index (κ3) is 2.77. The monoisotopic (exact) mass is 188 g/mol. The van der Waals surface area contributed by atoms with E-state index >= 15 is 0 Å². The quantitative estimate of drug-likeness (QED) is 0.729. The smallest absolute Gasteiger partial charge is 0.0992 e. The number of anilines is 1. The van der Waals surface area contributed by atoms with Crippen molar-refractivity contribution in [2.75, 3.05) is 18.5 Å². The SMILES string of the molecule is CC(C)CN(C)c1cccc(C#N)c1. The predicted octanol–water partition coefficient (Wildman–Crippen LogP) is 2.65. The molecular weight excluding hydrogens is 172 g/mol. The Labute approximate surface area is 85.8 Å². The second-order valence-corrected chi connectivity index (χ2v) is 3.94. The van der Waals surface area contributed by atoms with Crippen LogP contribution in [0.15, 0.2) is 24.3 Å². The minimum atomic E-state index is 0.630. The Morgan fingerprint density at radius 1 is 1.43 bits per heavy atom. The zero-order chi connectivity index (χ0) is 10.6. The lowest BCUT2D eigenvalue weighted by atomic mass is 10.1. The first-order chi connectivity index (χ1) is 6.63. The molecule has 0 bridgehead atoms. The van der Waals surface area contributed by atoms with E-state index in [0.29, 0.717) is 5.92 Å². The third-order valence-electron chi connectivity index (χ3n) is 2.06. The Balaban J connectivity index is 2.80. The van der Waals surface area contributed by atoms with E-state index in [1.807, 2.05) is 24.3 Å². The lowest BCUT2D eigenvalue weighted by molar-refractivity contribution is 0.638. The predicted molar refractivity (Wildman–Crippen MR) is 59.3 cm³/mol. The average Bonchev–Trinajstić information content (AvgIpc) is 2.17. The maximum Gasteiger partial charge on any atom is 0.0992 e. The molecule has 0 spiro atoms. The van der Waals surface area contributed by atoms with Crippen molar-refractivity contribution in [1.82, 2.24) is 0 Å². The molecule has 2 nitrogen and oxygen atoms in total. The van der Waals surface area contributed by atoms with Gasteiger partial charge >= 0.3 is 0 Å². The number of hydrogen-bond acceptors (Lipinski definition) is 2. The molecule has 1 rings (SSSR count). The van der Waals surface area contributed by atoms with Crippen LogP contribution in [0.25, 0.3) is 0 Å². The fraction of sp³-hybridized carbons (Fsp3) is 0.417. The van der Waals surface area contributed by atoms with Crippen LogP contribution in [0.2, 0.25) is 0 Å². The summed E-state index contributed by atoms with van der Waals surface area (Å²) in [6.45, 7) is 5.38. The van der Waals surface area contributed by atoms with Gasteiger partial charge < -0.3 is 4.90 Å². The number of nitriles is 1. The largest absolute Gasteiger partial charge is 0.374 e. The van der Waals surface area contributed by atoms with E-state index < -0.39 is 0 Å². The summed E-state index contributed by atoms with van der Waals surface area (Å²) in [5.41, 5.74) is 1.83. The van der Waals surface area contributed by atoms with Gasteiger partial charge in [0.2, 0.25) is 0 Å². The molecule has 0 radical (unpaired) electrons. The van der Waals surface area contributed by atoms with Crippen LogP contribution in [-0.2, 0) is 0 Å². The van der Waals surface area contributed by atoms with Gasteiger partial charge in [-0.3, -0.25) is 0 Å². The van der Waals surface area contributed by atoms with Gasteiger partial charge in [0, 0.05) is 19.3 Å². The van der Waals surface area contributed by atoms with Crippen molar-refractivity contribution in [2.45, 2.75) is 13.8 Å². The summed E-state index contributed by atoms with van der Waals surface area (Å²) in [6.07, 6.45) is 0. The molecule has 0 N–H and O–H groups in total. The number of hydrogen-bond donors (Lipinski definition) is 0. The molecule has 0 atom stereocenters. The Morgan fingerprint density at radius 2 is 2.14 bits per heavy atom. The molecule has 74 valence electrons. The molecule has 14 heavy (non-hydrogen) atoms. The standard InChI is InChI=1S/C12H16N2/c1-10(2)9-14(3)12-6-4-5-11(7-12)8-13/h4-7,10H,9H2,1-3H3. The van der Waals surface area contributed by atoms with Crippen LogP contribution in [0, 0.1) is 17.2 Å². The molecule has 0 heterocycles. The van der Waals surface area contributed by atoms with Crippen molar-refractivity contribution < 1.29 is 0 Å². The van der Waals surface area contributed by atoms with Crippen LogP contribution in [0.3, 0.4) is 0 Å². The van der Waals surface area contributed by atoms with Gasteiger partial charge in [-0.25, -0.2) is 0 Å². The summed E-state index contributed by atoms with van der Waals surface area (Å²) in [6, 6.07) is 9.85. The van der Waals surface area contributed by atoms with Crippen LogP contribution >= 0.6 is 0 Å². The van der Waals surface area contributed by atoms with Crippen LogP contribution in [0.1, 0.15) is 19.4 Å². The van der Waals surface area contributed by atoms with E-state index in [1.165, 1.54) is 0 Å². The van der Waals surface area contributed by atoms with E-state index in [0.717, 1.165) is 17.8 Å². The second kappa shape index (κ2) is 4.66. The normalized spacial score (nSPS) is 9.93. The molecule has 0 fully saturated rings. The summed E-state index contributed by atoms with van der Waals surface area (Å²) < 4.78 is 0. The topological polar surface area (TPSA) is 27.0 Å². The molecular formula is C12H16N2. The van der Waals surface area contributed by atoms with Gasteiger partial charge in [-0.2, -0.15) is 5.26 Å². The van der Waals surface area contributed by atoms with Crippen molar-refractivity contribution in [1.29, 1.82) is 5.26 Å². The third-order valence-corrected chi connectivity index (χ3v) is 2.06. The molecule has 0 amide bonds. The van der Waals surface area contributed by atoms with Crippen molar-refractivity contribution in [3.8, 4) is 6.07 Å². The fourth-order valence-corrected chi connectivity index (χ4v) is 1.47. The van der Waals surface area contributed by atoms with Crippen LogP contribution < -0.4 is 4.90 Å². The Kier molecular flexibility index (Phi) is 3.53. The van der Waals surface area contributed by atoms with Gasteiger partial charge in [0.15, 0.2) is 0 Å². The molecule has 0 saturated heterocycles. The van der Waals surface area contributed by atoms with Crippen molar-refractivity contribution >= 4 is 5.69 Å². The van der Waals surface area contributed by atoms with Crippen LogP contribution in [-0.4, -0.2) is 13.6 Å². The van der Waals surface area contributed by atoms with Gasteiger partial charge in [-0.15, -0.1) is 0 Å². The molecule has 1 aromatic carbocycles. The summed E-state index contributed by atoms with van der Waals surface area (Å²) in [7, 11) is 2.05. The number of benzene rings is 1. The Hall–Kier alpha value is -1.49. The van der Waals surface area contributed by atoms with Gasteiger partial charge in [-0.05, 0) is 24.1 Å². The minimum Gasteiger partial charge on any atom is -0.374 e. The molecule has 0 unspecified atom stereocenters. The molecule has 0 aliphatic rings. The maximum atomic E-state index is 8.76. The minimum absolute atomic E-state index is 0.630. The van der Waals surface area contributed by atoms with Gasteiger partial charge in [0.25, 0.3) is 0 Å². The van der Waals surface area contributed by atoms with Crippen molar-refractivity contribution in [2.24, 2.45) is 5.92 Å². The Morgan fingerprint density at radius 3 is 2.71 bits per heavy atom. The molecule has 0 aromatic heterocycles. The zero-order valence-corrected chi connectivity index (χ0v) is 8.99. The summed E-state index contributed by atoms with van der Waals surface area (Å²) in [5, 5.41) is 8.76. The van der Waals surface area contributed by atoms with E-state index in [1.54, 1.807) is 0 Å². The molecule has 0 saturated carbocycles. The first-order valence-corrected chi connectivity index (χ1v) is 4.84. The van der Waals surface area contributed by atoms with Gasteiger partial charge in [-0.1, -0.05) is 19.9 Å². The highest BCUT2D eigenvalue weighted by Crippen LogP contribution is 2.15. The molecule has 2 heteroatoms. The number of rotatable bonds is 3. The second-order valence-electron chi connectivity index (χ2n) is 3.94. The zero-order valence-electron chi connectivity index (χ0n) is 8.99. The highest BCUT2D eigenvalue weighted by Gasteiger charge is 2.03. The average molecular weight is 188 g/mol. The highest BCUT2D eigenvalue weighted by molar-refractivity contribution is 5.50. The highest BCUT2D eigenvalue weighted by atomic mass is 15.1. The summed E-state index contributed by atoms with van der Waals surface area (Å²) >= 11 is 0. The summed E-state index contributed by atoms with van der Waals surface area (Å²) in [4.78, 5) is 2.17. The van der Waals surface area contributed by atoms with E-state index in [4.69, 9.17) is 5.26 Å². The van der Waals surface area contributed by atoms with Gasteiger partial charge in [0.1, 0.15) is 0 Å². The maximum absolute atomic E-state index is 8.76. The number of nitrogens with zero attached hydrogens (tertiary/aromatic N) is 2. The first kappa shape index (κ1) is 10.6. The Bertz CT molecular complexity index is 336. The van der Waals surface area contributed by atoms with E-state index in [9.17, 15) is 0 Å². The molecule has 0 aliphatic heterocycles. The summed E-state index contributed by atoms with van der Waals surface area (Å²) in [5.74, 6) is 0.630. The van der Waals surface area contributed by atoms with Crippen molar-refractivity contribution in [3.63, 3.8) is 0 Å². The molecule has 0 aliphatic carbocycles. The van der Waals surface area contributed by atoms with Crippen molar-refractivity contribution in [3.05, 3.63) is 29.8 Å². The fourth-order valence-electron chi connectivity index (χ4n) is 1.47. The first-order valence-electron chi connectivity index (χ1n) is 4.84. The van der Waals surface area contributed by atoms with E-state index in [2.05, 4.69) is 31.9 Å². The lowest BCUT2D eigenvalue weighted by Gasteiger charge is -2.21.